The van der Waals surface area contributed by atoms with E-state index in [0.29, 0.717) is 6.54 Å². The number of hydrogen-bond acceptors (Lipinski definition) is 3. The number of aromatic nitrogens is 1. The maximum atomic E-state index is 14.0. The van der Waals surface area contributed by atoms with Crippen LogP contribution >= 0.6 is 0 Å². The van der Waals surface area contributed by atoms with Crippen LogP contribution in [0.1, 0.15) is 24.2 Å². The van der Waals surface area contributed by atoms with E-state index in [-0.39, 0.29) is 17.9 Å². The fourth-order valence-electron chi connectivity index (χ4n) is 3.94. The Morgan fingerprint density at radius 2 is 1.90 bits per heavy atom. The molecule has 1 saturated heterocycles. The molecule has 1 unspecified atom stereocenters. The van der Waals surface area contributed by atoms with Crippen LogP contribution in [-0.2, 0) is 6.54 Å². The van der Waals surface area contributed by atoms with Crippen LogP contribution in [0.25, 0.3) is 10.9 Å². The molecule has 0 bridgehead atoms. The molecule has 3 N–H and O–H groups in total. The molecule has 1 atom stereocenters. The van der Waals surface area contributed by atoms with Crippen molar-refractivity contribution >= 4 is 22.6 Å². The van der Waals surface area contributed by atoms with Gasteiger partial charge in [0.2, 0.25) is 0 Å². The van der Waals surface area contributed by atoms with Gasteiger partial charge in [-0.15, -0.1) is 0 Å². The van der Waals surface area contributed by atoms with E-state index in [4.69, 9.17) is 0 Å². The SMILES string of the molecule is CC(NC(=O)NCc1cc2ccccc2[nH]1)c1cc(F)ccc1N1CCN(C)CC1. The van der Waals surface area contributed by atoms with Crippen LogP contribution in [0.5, 0.6) is 0 Å². The van der Waals surface area contributed by atoms with Gasteiger partial charge in [-0.05, 0) is 49.7 Å². The molecule has 1 aromatic heterocycles. The van der Waals surface area contributed by atoms with E-state index < -0.39 is 0 Å². The molecule has 30 heavy (non-hydrogen) atoms. The van der Waals surface area contributed by atoms with Gasteiger partial charge < -0.3 is 25.4 Å². The van der Waals surface area contributed by atoms with Crippen molar-refractivity contribution in [2.75, 3.05) is 38.1 Å². The number of nitrogens with zero attached hydrogens (tertiary/aromatic N) is 2. The topological polar surface area (TPSA) is 63.4 Å². The van der Waals surface area contributed by atoms with Gasteiger partial charge >= 0.3 is 6.03 Å². The first-order valence-corrected chi connectivity index (χ1v) is 10.3. The Kier molecular flexibility index (Phi) is 5.90. The zero-order chi connectivity index (χ0) is 21.1. The van der Waals surface area contributed by atoms with Crippen molar-refractivity contribution in [1.82, 2.24) is 20.5 Å². The largest absolute Gasteiger partial charge is 0.369 e. The van der Waals surface area contributed by atoms with E-state index in [2.05, 4.69) is 32.5 Å². The lowest BCUT2D eigenvalue weighted by atomic mass is 10.0. The predicted molar refractivity (Wildman–Crippen MR) is 118 cm³/mol. The van der Waals surface area contributed by atoms with Crippen molar-refractivity contribution < 1.29 is 9.18 Å². The van der Waals surface area contributed by atoms with Crippen molar-refractivity contribution in [3.8, 4) is 0 Å². The summed E-state index contributed by atoms with van der Waals surface area (Å²) in [5.41, 5.74) is 3.75. The maximum absolute atomic E-state index is 14.0. The number of nitrogens with one attached hydrogen (secondary N) is 3. The molecule has 1 fully saturated rings. The quantitative estimate of drug-likeness (QED) is 0.603. The zero-order valence-corrected chi connectivity index (χ0v) is 17.4. The molecule has 7 heteroatoms. The van der Waals surface area contributed by atoms with Crippen LogP contribution < -0.4 is 15.5 Å². The summed E-state index contributed by atoms with van der Waals surface area (Å²) in [5, 5.41) is 6.94. The van der Waals surface area contributed by atoms with E-state index >= 15 is 0 Å². The summed E-state index contributed by atoms with van der Waals surface area (Å²) in [6.45, 7) is 5.97. The molecule has 2 amide bonds. The van der Waals surface area contributed by atoms with E-state index in [0.717, 1.165) is 54.0 Å². The molecule has 0 radical (unpaired) electrons. The van der Waals surface area contributed by atoms with E-state index in [1.54, 1.807) is 0 Å². The number of fused-ring (bicyclic) bond motifs is 1. The first kappa shape index (κ1) is 20.2. The normalized spacial score (nSPS) is 15.9. The molecular weight excluding hydrogens is 381 g/mol. The monoisotopic (exact) mass is 409 g/mol. The Labute approximate surface area is 176 Å². The van der Waals surface area contributed by atoms with Gasteiger partial charge in [0.1, 0.15) is 5.82 Å². The van der Waals surface area contributed by atoms with Crippen LogP contribution in [0.15, 0.2) is 48.5 Å². The number of anilines is 1. The number of aromatic amines is 1. The number of carbonyl (C=O) groups excluding carboxylic acids is 1. The average Bonchev–Trinajstić information content (AvgIpc) is 3.16. The third kappa shape index (κ3) is 4.57. The molecular formula is C23H28FN5O. The molecule has 0 saturated carbocycles. The molecule has 4 rings (SSSR count). The summed E-state index contributed by atoms with van der Waals surface area (Å²) in [7, 11) is 2.10. The fraction of sp³-hybridized carbons (Fsp3) is 0.348. The van der Waals surface area contributed by atoms with Gasteiger partial charge in [-0.25, -0.2) is 9.18 Å². The first-order valence-electron chi connectivity index (χ1n) is 10.3. The van der Waals surface area contributed by atoms with Gasteiger partial charge in [-0.1, -0.05) is 18.2 Å². The number of halogens is 1. The van der Waals surface area contributed by atoms with Crippen molar-refractivity contribution in [3.63, 3.8) is 0 Å². The minimum Gasteiger partial charge on any atom is -0.369 e. The van der Waals surface area contributed by atoms with Crippen molar-refractivity contribution in [3.05, 3.63) is 65.6 Å². The van der Waals surface area contributed by atoms with Crippen molar-refractivity contribution in [2.45, 2.75) is 19.5 Å². The number of para-hydroxylation sites is 1. The Balaban J connectivity index is 1.40. The molecule has 0 aliphatic carbocycles. The third-order valence-electron chi connectivity index (χ3n) is 5.67. The number of likely N-dealkylation sites (N-methyl/N-ethyl adjacent to an activating group) is 1. The Hall–Kier alpha value is -3.06. The van der Waals surface area contributed by atoms with Gasteiger partial charge in [0.15, 0.2) is 0 Å². The number of H-pyrrole nitrogens is 1. The smallest absolute Gasteiger partial charge is 0.315 e. The fourth-order valence-corrected chi connectivity index (χ4v) is 3.94. The third-order valence-corrected chi connectivity index (χ3v) is 5.67. The summed E-state index contributed by atoms with van der Waals surface area (Å²) >= 11 is 0. The van der Waals surface area contributed by atoms with Gasteiger partial charge in [-0.2, -0.15) is 0 Å². The number of amides is 2. The van der Waals surface area contributed by atoms with E-state index in [1.165, 1.54) is 12.1 Å². The first-order chi connectivity index (χ1) is 14.5. The van der Waals surface area contributed by atoms with Crippen LogP contribution in [0.2, 0.25) is 0 Å². The maximum Gasteiger partial charge on any atom is 0.315 e. The molecule has 3 aromatic rings. The van der Waals surface area contributed by atoms with Crippen LogP contribution in [0.4, 0.5) is 14.9 Å². The molecule has 2 heterocycles. The minimum absolute atomic E-state index is 0.283. The Morgan fingerprint density at radius 3 is 2.67 bits per heavy atom. The lowest BCUT2D eigenvalue weighted by Crippen LogP contribution is -2.45. The highest BCUT2D eigenvalue weighted by Crippen LogP contribution is 2.28. The second kappa shape index (κ2) is 8.75. The van der Waals surface area contributed by atoms with Gasteiger partial charge in [-0.3, -0.25) is 0 Å². The predicted octanol–water partition coefficient (Wildman–Crippen LogP) is 3.62. The van der Waals surface area contributed by atoms with Gasteiger partial charge in [0.05, 0.1) is 12.6 Å². The van der Waals surface area contributed by atoms with Crippen LogP contribution in [0, 0.1) is 5.82 Å². The van der Waals surface area contributed by atoms with Gasteiger partial charge in [0.25, 0.3) is 0 Å². The summed E-state index contributed by atoms with van der Waals surface area (Å²) in [4.78, 5) is 20.3. The number of piperazine rings is 1. The number of carbonyl (C=O) groups is 1. The molecule has 1 aliphatic heterocycles. The van der Waals surface area contributed by atoms with E-state index in [9.17, 15) is 9.18 Å². The highest BCUT2D eigenvalue weighted by Gasteiger charge is 2.21. The highest BCUT2D eigenvalue weighted by atomic mass is 19.1. The number of benzene rings is 2. The summed E-state index contributed by atoms with van der Waals surface area (Å²) in [5.74, 6) is -0.296. The molecule has 1 aliphatic rings. The molecule has 158 valence electrons. The number of hydrogen-bond donors (Lipinski definition) is 3. The minimum atomic E-state index is -0.321. The molecule has 0 spiro atoms. The van der Waals surface area contributed by atoms with Crippen molar-refractivity contribution in [1.29, 1.82) is 0 Å². The lowest BCUT2D eigenvalue weighted by Gasteiger charge is -2.36. The summed E-state index contributed by atoms with van der Waals surface area (Å²) in [6.07, 6.45) is 0. The molecule has 2 aromatic carbocycles. The van der Waals surface area contributed by atoms with Crippen LogP contribution in [0.3, 0.4) is 0 Å². The molecule has 6 nitrogen and oxygen atoms in total. The lowest BCUT2D eigenvalue weighted by molar-refractivity contribution is 0.237. The second-order valence-corrected chi connectivity index (χ2v) is 7.92. The van der Waals surface area contributed by atoms with Crippen molar-refractivity contribution in [2.24, 2.45) is 0 Å². The standard InChI is InChI=1S/C23H28FN5O/c1-16(20-14-18(24)7-8-22(20)29-11-9-28(2)10-12-29)26-23(30)25-15-19-13-17-5-3-4-6-21(17)27-19/h3-8,13-14,16,27H,9-12,15H2,1-2H3,(H2,25,26,30). The summed E-state index contributed by atoms with van der Waals surface area (Å²) in [6, 6.07) is 14.2. The average molecular weight is 410 g/mol. The van der Waals surface area contributed by atoms with E-state index in [1.807, 2.05) is 43.3 Å². The zero-order valence-electron chi connectivity index (χ0n) is 17.4. The van der Waals surface area contributed by atoms with Crippen LogP contribution in [-0.4, -0.2) is 49.1 Å². The summed E-state index contributed by atoms with van der Waals surface area (Å²) < 4.78 is 14.0. The Bertz CT molecular complexity index is 992. The number of urea groups is 1. The van der Waals surface area contributed by atoms with Gasteiger partial charge in [0, 0.05) is 48.6 Å². The highest BCUT2D eigenvalue weighted by molar-refractivity contribution is 5.80. The second-order valence-electron chi connectivity index (χ2n) is 7.92. The Morgan fingerprint density at radius 1 is 1.13 bits per heavy atom. The number of rotatable bonds is 5.